The third kappa shape index (κ3) is 19.1. The van der Waals surface area contributed by atoms with Crippen LogP contribution in [0.2, 0.25) is 0 Å². The molecule has 0 N–H and O–H groups in total. The monoisotopic (exact) mass is 1800 g/mol. The van der Waals surface area contributed by atoms with Crippen LogP contribution in [0.4, 0.5) is 35.1 Å². The minimum Gasteiger partial charge on any atom is -0.383 e. The number of rotatable bonds is 23. The fourth-order valence-electron chi connectivity index (χ4n) is 20.0. The van der Waals surface area contributed by atoms with Crippen LogP contribution < -0.4 is 0 Å². The number of aryl methyl sites for hydroxylation is 8. The van der Waals surface area contributed by atoms with E-state index in [2.05, 4.69) is 79.8 Å². The summed E-state index contributed by atoms with van der Waals surface area (Å²) in [6.45, 7) is 15.1. The maximum atomic E-state index is 15.7. The van der Waals surface area contributed by atoms with Gasteiger partial charge in [0.05, 0.1) is 137 Å². The SMILES string of the molecule is COCCn1cc(-c2cn(CC3(F)CCCCC3)c3cc(-c4c(C)noc4C)cnc23)cn1.Cc1noc(C)c1-c1cnc2c(-c3cnn(C(F)F)c3)cn(CC3(F)CCCCC3)c2c1.Cc1noc(C)c1-c1cnc2c(-c3cnn(C4CC4)c3)cn(CC3(F)CCCCC3)c2c1.Cc1noc(C)c1-c1cnc2c(-c3cnn(CC(C)(F)F)c3)cn(CC3(F)CCCCC3)c2c1. The van der Waals surface area contributed by atoms with Gasteiger partial charge in [-0.05, 0) is 144 Å². The molecule has 25 nitrogen and oxygen atoms in total. The molecule has 16 aromatic heterocycles. The van der Waals surface area contributed by atoms with Gasteiger partial charge in [0.1, 0.15) is 52.3 Å². The molecule has 5 aliphatic carbocycles. The number of alkyl halides is 8. The van der Waals surface area contributed by atoms with E-state index >= 15 is 17.6 Å². The Morgan fingerprint density at radius 1 is 0.382 bits per heavy atom. The number of halogens is 8. The number of pyridine rings is 4. The van der Waals surface area contributed by atoms with Gasteiger partial charge in [-0.1, -0.05) is 97.7 Å². The molecule has 0 atom stereocenters. The van der Waals surface area contributed by atoms with Crippen LogP contribution in [0.25, 0.3) is 133 Å². The first-order chi connectivity index (χ1) is 62.9. The lowest BCUT2D eigenvalue weighted by atomic mass is 9.86. The molecule has 0 aromatic carbocycles. The highest BCUT2D eigenvalue weighted by Gasteiger charge is 2.39. The standard InChI is InChI=1S/C25H28F3N5O.C25H30FN5O2.C25H28FN5O.C23H24F3N5O/c1-16-22(17(2)34-31-16)18-9-21-23(29-10-18)20(19-11-30-33(12-19)14-24(3,26)27)13-32(21)15-25(28)7-5-4-6-8-25;1-17-23(18(2)33-29-17)19-11-22-24(27-12-19)21(20-13-28-31(14-20)9-10-32-3)15-30(22)16-25(26)7-5-4-6-8-25;1-16-23(17(2)32-29-16)18-10-22-24(27-11-18)21(19-12-28-31(13-19)20-6-7-20)14-30(22)15-25(26)8-4-3-5-9-25;1-14-20(15(2)32-29-14)16-8-19-21(27-9-16)18(17-10-28-31(11-17)22(24)25)12-30(19)13-23(26)6-4-3-5-7-23/h9-13H,4-8,14-15H2,1-3H3;11-15H,4-10,16H2,1-3H3;10-14,20H,3-9,15H2,1-2H3;8-12,22H,3-7,13H2,1-2H3. The number of hydrogen-bond donors (Lipinski definition) is 0. The maximum Gasteiger partial charge on any atom is 0.333 e. The molecule has 16 heterocycles. The van der Waals surface area contributed by atoms with Crippen LogP contribution in [0.3, 0.4) is 0 Å². The van der Waals surface area contributed by atoms with Gasteiger partial charge in [-0.3, -0.25) is 34.0 Å². The summed E-state index contributed by atoms with van der Waals surface area (Å²) in [5, 5.41) is 33.1. The minimum atomic E-state index is -2.87. The predicted molar refractivity (Wildman–Crippen MR) is 483 cm³/mol. The second-order valence-corrected chi connectivity index (χ2v) is 37.1. The zero-order chi connectivity index (χ0) is 91.4. The van der Waals surface area contributed by atoms with Crippen molar-refractivity contribution in [3.8, 4) is 89.0 Å². The van der Waals surface area contributed by atoms with Crippen molar-refractivity contribution in [1.29, 1.82) is 0 Å². The summed E-state index contributed by atoms with van der Waals surface area (Å²) in [7, 11) is 1.68. The van der Waals surface area contributed by atoms with Crippen LogP contribution >= 0.6 is 0 Å². The molecule has 688 valence electrons. The summed E-state index contributed by atoms with van der Waals surface area (Å²) in [5.74, 6) is 0.00500. The van der Waals surface area contributed by atoms with Crippen molar-refractivity contribution < 1.29 is 58.0 Å². The molecular weight excluding hydrogens is 1690 g/mol. The quantitative estimate of drug-likeness (QED) is 0.0539. The lowest BCUT2D eigenvalue weighted by Crippen LogP contribution is -2.31. The van der Waals surface area contributed by atoms with Crippen LogP contribution in [0.15, 0.2) is 142 Å². The van der Waals surface area contributed by atoms with Crippen molar-refractivity contribution in [3.63, 3.8) is 0 Å². The summed E-state index contributed by atoms with van der Waals surface area (Å²) in [5.41, 5.74) is 18.3. The molecule has 0 spiro atoms. The van der Waals surface area contributed by atoms with E-state index in [9.17, 15) is 17.6 Å². The minimum absolute atomic E-state index is 0.194. The highest BCUT2D eigenvalue weighted by Crippen LogP contribution is 2.46. The Hall–Kier alpha value is -12.2. The van der Waals surface area contributed by atoms with Gasteiger partial charge in [-0.25, -0.2) is 31.0 Å². The van der Waals surface area contributed by atoms with E-state index in [0.717, 1.165) is 224 Å². The molecule has 0 saturated heterocycles. The Kier molecular flexibility index (Phi) is 24.9. The van der Waals surface area contributed by atoms with E-state index in [4.69, 9.17) is 37.8 Å². The number of aromatic nitrogens is 20. The molecular formula is C98H110F8N20O5. The van der Waals surface area contributed by atoms with E-state index in [1.807, 2.05) is 129 Å². The molecule has 131 heavy (non-hydrogen) atoms. The molecule has 21 rings (SSSR count). The average Bonchev–Trinajstić information content (AvgIpc) is 1.62. The Balaban J connectivity index is 0.000000117. The molecule has 5 aliphatic rings. The number of hydrogen-bond acceptors (Lipinski definition) is 17. The summed E-state index contributed by atoms with van der Waals surface area (Å²) in [6.07, 6.45) is 47.2. The van der Waals surface area contributed by atoms with Crippen LogP contribution in [-0.2, 0) is 44.0 Å². The number of ether oxygens (including phenoxy) is 1. The van der Waals surface area contributed by atoms with Crippen molar-refractivity contribution in [1.82, 2.24) is 98.0 Å². The molecule has 0 unspecified atom stereocenters. The Morgan fingerprint density at radius 2 is 0.679 bits per heavy atom. The second kappa shape index (κ2) is 36.5. The van der Waals surface area contributed by atoms with Crippen molar-refractivity contribution in [2.75, 3.05) is 13.7 Å². The third-order valence-electron chi connectivity index (χ3n) is 26.8. The molecule has 0 bridgehead atoms. The second-order valence-electron chi connectivity index (χ2n) is 37.1. The molecule has 33 heteroatoms. The van der Waals surface area contributed by atoms with Gasteiger partial charge in [0.15, 0.2) is 0 Å². The fraction of sp³-hybridized carbons (Fsp3) is 0.469. The van der Waals surface area contributed by atoms with E-state index < -0.39 is 41.7 Å². The zero-order valence-corrected chi connectivity index (χ0v) is 75.7. The third-order valence-corrected chi connectivity index (χ3v) is 26.8. The molecule has 0 aliphatic heterocycles. The molecule has 0 amide bonds. The van der Waals surface area contributed by atoms with Crippen molar-refractivity contribution in [2.24, 2.45) is 0 Å². The Bertz CT molecular complexity index is 6470. The molecule has 5 saturated carbocycles. The van der Waals surface area contributed by atoms with Crippen molar-refractivity contribution >= 4 is 44.1 Å². The topological polar surface area (TPSA) is 256 Å². The first kappa shape index (κ1) is 89.4. The van der Waals surface area contributed by atoms with Gasteiger partial charge < -0.3 is 41.1 Å². The van der Waals surface area contributed by atoms with E-state index in [1.54, 1.807) is 38.1 Å². The summed E-state index contributed by atoms with van der Waals surface area (Å²) in [4.78, 5) is 19.0. The first-order valence-corrected chi connectivity index (χ1v) is 45.7. The Morgan fingerprint density at radius 3 is 0.969 bits per heavy atom. The zero-order valence-electron chi connectivity index (χ0n) is 75.7. The normalized spacial score (nSPS) is 16.8. The predicted octanol–water partition coefficient (Wildman–Crippen LogP) is 24.4. The van der Waals surface area contributed by atoms with E-state index in [-0.39, 0.29) is 13.1 Å². The number of fused-ring (bicyclic) bond motifs is 4. The molecule has 16 aromatic rings. The van der Waals surface area contributed by atoms with Gasteiger partial charge in [0.2, 0.25) is 0 Å². The van der Waals surface area contributed by atoms with Gasteiger partial charge in [0, 0.05) is 177 Å². The van der Waals surface area contributed by atoms with E-state index in [0.29, 0.717) is 128 Å². The van der Waals surface area contributed by atoms with Crippen LogP contribution in [-0.4, -0.2) is 140 Å². The molecule has 0 radical (unpaired) electrons. The molecule has 5 fully saturated rings. The lowest BCUT2D eigenvalue weighted by molar-refractivity contribution is 0.000570. The van der Waals surface area contributed by atoms with Crippen LogP contribution in [0.5, 0.6) is 0 Å². The van der Waals surface area contributed by atoms with Gasteiger partial charge in [0.25, 0.3) is 5.92 Å². The summed E-state index contributed by atoms with van der Waals surface area (Å²) in [6, 6.07) is 8.64. The van der Waals surface area contributed by atoms with Crippen molar-refractivity contribution in [3.05, 3.63) is 169 Å². The van der Waals surface area contributed by atoms with E-state index in [1.165, 1.54) is 29.9 Å². The summed E-state index contributed by atoms with van der Waals surface area (Å²) < 4.78 is 156. The van der Waals surface area contributed by atoms with Gasteiger partial charge in [-0.2, -0.15) is 29.2 Å². The summed E-state index contributed by atoms with van der Waals surface area (Å²) >= 11 is 0. The first-order valence-electron chi connectivity index (χ1n) is 45.7. The number of methoxy groups -OCH3 is 1. The fourth-order valence-corrected chi connectivity index (χ4v) is 20.0. The van der Waals surface area contributed by atoms with Crippen LogP contribution in [0, 0.1) is 55.4 Å². The van der Waals surface area contributed by atoms with Crippen LogP contribution in [0.1, 0.15) is 207 Å². The number of nitrogens with zero attached hydrogens (tertiary/aromatic N) is 20. The highest BCUT2D eigenvalue weighted by atomic mass is 19.3. The highest BCUT2D eigenvalue weighted by molar-refractivity contribution is 5.98. The Labute approximate surface area is 752 Å². The van der Waals surface area contributed by atoms with Gasteiger partial charge in [-0.15, -0.1) is 0 Å². The average molecular weight is 1800 g/mol. The van der Waals surface area contributed by atoms with Crippen molar-refractivity contribution in [2.45, 2.75) is 284 Å². The maximum absolute atomic E-state index is 15.7. The van der Waals surface area contributed by atoms with Gasteiger partial charge >= 0.3 is 6.55 Å². The lowest BCUT2D eigenvalue weighted by Gasteiger charge is -2.30. The largest absolute Gasteiger partial charge is 0.383 e. The smallest absolute Gasteiger partial charge is 0.333 e.